The molecule has 0 aliphatic carbocycles. The Morgan fingerprint density at radius 2 is 1.84 bits per heavy atom. The Hall–Kier alpha value is -3.79. The summed E-state index contributed by atoms with van der Waals surface area (Å²) < 4.78 is 20.2. The molecule has 0 spiro atoms. The molecule has 0 unspecified atom stereocenters. The summed E-state index contributed by atoms with van der Waals surface area (Å²) in [6, 6.07) is 12.4. The van der Waals surface area contributed by atoms with Crippen molar-refractivity contribution >= 4 is 17.5 Å². The summed E-state index contributed by atoms with van der Waals surface area (Å²) >= 11 is 0. The molecule has 1 aliphatic heterocycles. The van der Waals surface area contributed by atoms with Gasteiger partial charge in [0.2, 0.25) is 17.6 Å². The van der Waals surface area contributed by atoms with Crippen molar-refractivity contribution in [1.29, 1.82) is 0 Å². The first kappa shape index (κ1) is 27.3. The zero-order valence-electron chi connectivity index (χ0n) is 22.4. The van der Waals surface area contributed by atoms with Gasteiger partial charge in [-0.25, -0.2) is 9.40 Å². The second-order valence-electron chi connectivity index (χ2n) is 10.1. The van der Waals surface area contributed by atoms with Crippen LogP contribution in [0.15, 0.2) is 47.0 Å². The molecule has 3 aromatic rings. The van der Waals surface area contributed by atoms with Gasteiger partial charge in [-0.3, -0.25) is 14.6 Å². The molecule has 1 aromatic heterocycles. The number of hydrogen-bond donors (Lipinski definition) is 1. The van der Waals surface area contributed by atoms with Gasteiger partial charge in [-0.05, 0) is 48.1 Å². The fourth-order valence-electron chi connectivity index (χ4n) is 4.45. The van der Waals surface area contributed by atoms with E-state index >= 15 is 4.39 Å². The normalized spacial score (nSPS) is 13.0. The summed E-state index contributed by atoms with van der Waals surface area (Å²) in [5.74, 6) is 0.139. The van der Waals surface area contributed by atoms with Crippen molar-refractivity contribution in [3.05, 3.63) is 65.3 Å². The van der Waals surface area contributed by atoms with Crippen LogP contribution in [0, 0.1) is 18.7 Å². The number of anilines is 1. The summed E-state index contributed by atoms with van der Waals surface area (Å²) in [6.07, 6.45) is 1.84. The minimum absolute atomic E-state index is 0.119. The molecule has 0 atom stereocenters. The highest BCUT2D eigenvalue weighted by Crippen LogP contribution is 2.27. The van der Waals surface area contributed by atoms with Crippen molar-refractivity contribution in [2.45, 2.75) is 46.7 Å². The van der Waals surface area contributed by atoms with Crippen LogP contribution in [-0.2, 0) is 22.7 Å². The zero-order chi connectivity index (χ0) is 27.2. The lowest BCUT2D eigenvalue weighted by atomic mass is 10.1. The number of hydrogen-bond acceptors (Lipinski definition) is 7. The zero-order valence-corrected chi connectivity index (χ0v) is 22.4. The third kappa shape index (κ3) is 6.74. The molecular weight excluding hydrogens is 487 g/mol. The average molecular weight is 523 g/mol. The van der Waals surface area contributed by atoms with Crippen LogP contribution in [0.3, 0.4) is 0 Å². The van der Waals surface area contributed by atoms with Gasteiger partial charge in [0.15, 0.2) is 0 Å². The predicted molar refractivity (Wildman–Crippen MR) is 142 cm³/mol. The second-order valence-corrected chi connectivity index (χ2v) is 10.1. The molecule has 2 aromatic carbocycles. The number of benzene rings is 2. The molecule has 2 heterocycles. The topological polar surface area (TPSA) is 94.8 Å². The number of hydrazine groups is 1. The lowest BCUT2D eigenvalue weighted by molar-refractivity contribution is -0.145. The number of nitrogens with one attached hydrogen (secondary N) is 1. The molecule has 4 rings (SSSR count). The standard InChI is InChI=1S/C28H35FN6O3/c1-19(2)8-7-13-30-26(36)17-34(25-14-21(11-12-24(25)29)28-31-20(3)38-32-28)18-27(37)33(4)35-15-22-9-5-6-10-23(22)16-35/h5-6,9-12,14,19H,7-8,13,15-18H2,1-4H3,(H,30,36). The van der Waals surface area contributed by atoms with Crippen LogP contribution in [0.4, 0.5) is 10.1 Å². The number of carbonyl (C=O) groups is 2. The average Bonchev–Trinajstić information content (AvgIpc) is 3.52. The van der Waals surface area contributed by atoms with Crippen LogP contribution in [0.25, 0.3) is 11.4 Å². The van der Waals surface area contributed by atoms with E-state index in [1.54, 1.807) is 31.1 Å². The molecule has 1 aliphatic rings. The van der Waals surface area contributed by atoms with Gasteiger partial charge >= 0.3 is 0 Å². The van der Waals surface area contributed by atoms with E-state index < -0.39 is 5.82 Å². The van der Waals surface area contributed by atoms with Crippen molar-refractivity contribution in [1.82, 2.24) is 25.5 Å². The van der Waals surface area contributed by atoms with Crippen LogP contribution in [0.1, 0.15) is 43.7 Å². The van der Waals surface area contributed by atoms with E-state index in [-0.39, 0.29) is 30.6 Å². The molecule has 10 heteroatoms. The van der Waals surface area contributed by atoms with E-state index in [0.717, 1.165) is 12.8 Å². The van der Waals surface area contributed by atoms with Crippen LogP contribution >= 0.6 is 0 Å². The molecule has 202 valence electrons. The van der Waals surface area contributed by atoms with Crippen molar-refractivity contribution in [3.8, 4) is 11.4 Å². The van der Waals surface area contributed by atoms with E-state index in [0.29, 0.717) is 42.8 Å². The highest BCUT2D eigenvalue weighted by molar-refractivity contribution is 5.86. The Bertz CT molecular complexity index is 1250. The van der Waals surface area contributed by atoms with Crippen LogP contribution < -0.4 is 10.2 Å². The first-order chi connectivity index (χ1) is 18.2. The largest absolute Gasteiger partial charge is 0.355 e. The second kappa shape index (κ2) is 12.2. The number of amides is 2. The minimum atomic E-state index is -0.550. The molecule has 0 fully saturated rings. The minimum Gasteiger partial charge on any atom is -0.355 e. The van der Waals surface area contributed by atoms with Crippen LogP contribution in [-0.4, -0.2) is 58.7 Å². The van der Waals surface area contributed by atoms with Crippen molar-refractivity contribution in [2.75, 3.05) is 31.6 Å². The van der Waals surface area contributed by atoms with Gasteiger partial charge in [-0.15, -0.1) is 0 Å². The van der Waals surface area contributed by atoms with Gasteiger partial charge in [0.1, 0.15) is 5.82 Å². The third-order valence-corrected chi connectivity index (χ3v) is 6.62. The maximum atomic E-state index is 15.1. The van der Waals surface area contributed by atoms with Crippen LogP contribution in [0.2, 0.25) is 0 Å². The summed E-state index contributed by atoms with van der Waals surface area (Å²) in [5.41, 5.74) is 2.97. The third-order valence-electron chi connectivity index (χ3n) is 6.62. The fourth-order valence-corrected chi connectivity index (χ4v) is 4.45. The summed E-state index contributed by atoms with van der Waals surface area (Å²) in [6.45, 7) is 7.31. The molecule has 0 saturated carbocycles. The number of rotatable bonds is 11. The quantitative estimate of drug-likeness (QED) is 0.381. The van der Waals surface area contributed by atoms with Crippen LogP contribution in [0.5, 0.6) is 0 Å². The number of likely N-dealkylation sites (N-methyl/N-ethyl adjacent to an activating group) is 1. The van der Waals surface area contributed by atoms with Crippen molar-refractivity contribution in [3.63, 3.8) is 0 Å². The number of aromatic nitrogens is 2. The van der Waals surface area contributed by atoms with E-state index in [9.17, 15) is 9.59 Å². The smallest absolute Gasteiger partial charge is 0.256 e. The maximum absolute atomic E-state index is 15.1. The highest BCUT2D eigenvalue weighted by atomic mass is 19.1. The Balaban J connectivity index is 1.52. The number of aryl methyl sites for hydroxylation is 1. The number of nitrogens with zero attached hydrogens (tertiary/aromatic N) is 5. The summed E-state index contributed by atoms with van der Waals surface area (Å²) in [5, 5.41) is 10.3. The summed E-state index contributed by atoms with van der Waals surface area (Å²) in [4.78, 5) is 31.9. The Morgan fingerprint density at radius 3 is 2.47 bits per heavy atom. The Morgan fingerprint density at radius 1 is 1.13 bits per heavy atom. The number of halogens is 1. The first-order valence-corrected chi connectivity index (χ1v) is 12.9. The van der Waals surface area contributed by atoms with E-state index in [4.69, 9.17) is 4.52 Å². The van der Waals surface area contributed by atoms with E-state index in [1.807, 2.05) is 29.3 Å². The monoisotopic (exact) mass is 522 g/mol. The van der Waals surface area contributed by atoms with Gasteiger partial charge in [0, 0.05) is 39.2 Å². The van der Waals surface area contributed by atoms with Gasteiger partial charge in [-0.1, -0.05) is 43.3 Å². The molecule has 0 radical (unpaired) electrons. The molecule has 38 heavy (non-hydrogen) atoms. The van der Waals surface area contributed by atoms with Crippen molar-refractivity contribution in [2.24, 2.45) is 5.92 Å². The summed E-state index contributed by atoms with van der Waals surface area (Å²) in [7, 11) is 1.70. The number of fused-ring (bicyclic) bond motifs is 1. The number of carbonyl (C=O) groups excluding carboxylic acids is 2. The highest BCUT2D eigenvalue weighted by Gasteiger charge is 2.27. The Kier molecular flexibility index (Phi) is 8.73. The van der Waals surface area contributed by atoms with E-state index in [1.165, 1.54) is 22.1 Å². The van der Waals surface area contributed by atoms with Crippen molar-refractivity contribution < 1.29 is 18.5 Å². The molecule has 2 amide bonds. The van der Waals surface area contributed by atoms with Gasteiger partial charge in [0.05, 0.1) is 18.8 Å². The molecule has 0 bridgehead atoms. The van der Waals surface area contributed by atoms with E-state index in [2.05, 4.69) is 29.3 Å². The van der Waals surface area contributed by atoms with Gasteiger partial charge < -0.3 is 14.7 Å². The van der Waals surface area contributed by atoms with Gasteiger partial charge in [-0.2, -0.15) is 4.98 Å². The predicted octanol–water partition coefficient (Wildman–Crippen LogP) is 3.93. The fraction of sp³-hybridized carbons (Fsp3) is 0.429. The molecular formula is C28H35FN6O3. The van der Waals surface area contributed by atoms with Gasteiger partial charge in [0.25, 0.3) is 5.91 Å². The molecule has 9 nitrogen and oxygen atoms in total. The first-order valence-electron chi connectivity index (χ1n) is 12.9. The SMILES string of the molecule is Cc1nc(-c2ccc(F)c(N(CC(=O)NCCCC(C)C)CC(=O)N(C)N3Cc4ccccc4C3)c2)no1. The lowest BCUT2D eigenvalue weighted by Crippen LogP contribution is -2.48. The maximum Gasteiger partial charge on any atom is 0.256 e. The lowest BCUT2D eigenvalue weighted by Gasteiger charge is -2.31. The molecule has 0 saturated heterocycles. The Labute approximate surface area is 222 Å². The molecule has 1 N–H and O–H groups in total.